The van der Waals surface area contributed by atoms with Crippen LogP contribution in [0.25, 0.3) is 6.08 Å². The third-order valence-electron chi connectivity index (χ3n) is 4.58. The van der Waals surface area contributed by atoms with Crippen LogP contribution in [0.1, 0.15) is 31.4 Å². The monoisotopic (exact) mass is 411 g/mol. The molecular weight excluding hydrogens is 382 g/mol. The van der Waals surface area contributed by atoms with Gasteiger partial charge in [-0.1, -0.05) is 36.4 Å². The van der Waals surface area contributed by atoms with Gasteiger partial charge in [-0.3, -0.25) is 4.79 Å². The highest BCUT2D eigenvalue weighted by molar-refractivity contribution is 5.90. The minimum atomic E-state index is -0.883. The standard InChI is InChI=1S/C24H29NO5/c1-17(10-11-19-8-6-5-7-9-19)25-24(27)18(2)30-23(26)15-13-20-12-14-21(28-3)22(16-20)29-4/h5-9,12-18H,10-11H2,1-4H3,(H,25,27)/b15-13+/t17-,18-/m0/s1. The van der Waals surface area contributed by atoms with Gasteiger partial charge in [0, 0.05) is 12.1 Å². The quantitative estimate of drug-likeness (QED) is 0.476. The summed E-state index contributed by atoms with van der Waals surface area (Å²) in [4.78, 5) is 24.3. The van der Waals surface area contributed by atoms with Gasteiger partial charge in [0.2, 0.25) is 0 Å². The highest BCUT2D eigenvalue weighted by atomic mass is 16.5. The second kappa shape index (κ2) is 11.7. The van der Waals surface area contributed by atoms with Crippen molar-refractivity contribution in [3.8, 4) is 11.5 Å². The average molecular weight is 411 g/mol. The van der Waals surface area contributed by atoms with Gasteiger partial charge in [0.05, 0.1) is 14.2 Å². The summed E-state index contributed by atoms with van der Waals surface area (Å²) in [5.74, 6) is 0.252. The number of carbonyl (C=O) groups excluding carboxylic acids is 2. The normalized spacial score (nSPS) is 12.8. The Bertz CT molecular complexity index is 863. The van der Waals surface area contributed by atoms with Crippen LogP contribution in [0.15, 0.2) is 54.6 Å². The van der Waals surface area contributed by atoms with E-state index < -0.39 is 12.1 Å². The zero-order valence-corrected chi connectivity index (χ0v) is 17.9. The molecule has 160 valence electrons. The molecule has 0 saturated carbocycles. The van der Waals surface area contributed by atoms with Crippen molar-refractivity contribution < 1.29 is 23.8 Å². The first kappa shape index (κ1) is 23.0. The van der Waals surface area contributed by atoms with E-state index in [2.05, 4.69) is 17.4 Å². The number of carbonyl (C=O) groups is 2. The van der Waals surface area contributed by atoms with Crippen LogP contribution in [-0.4, -0.2) is 38.2 Å². The van der Waals surface area contributed by atoms with Crippen LogP contribution in [0.5, 0.6) is 11.5 Å². The van der Waals surface area contributed by atoms with Crippen molar-refractivity contribution in [1.29, 1.82) is 0 Å². The zero-order valence-electron chi connectivity index (χ0n) is 17.9. The third-order valence-corrected chi connectivity index (χ3v) is 4.58. The first-order valence-corrected chi connectivity index (χ1v) is 9.88. The maximum atomic E-state index is 12.3. The minimum Gasteiger partial charge on any atom is -0.493 e. The Kier molecular flexibility index (Phi) is 8.94. The first-order chi connectivity index (χ1) is 14.4. The fraction of sp³-hybridized carbons (Fsp3) is 0.333. The van der Waals surface area contributed by atoms with E-state index in [4.69, 9.17) is 14.2 Å². The molecule has 0 radical (unpaired) electrons. The summed E-state index contributed by atoms with van der Waals surface area (Å²) in [7, 11) is 3.10. The highest BCUT2D eigenvalue weighted by Gasteiger charge is 2.18. The molecule has 6 heteroatoms. The summed E-state index contributed by atoms with van der Waals surface area (Å²) < 4.78 is 15.6. The zero-order chi connectivity index (χ0) is 21.9. The van der Waals surface area contributed by atoms with Crippen molar-refractivity contribution in [3.05, 3.63) is 65.7 Å². The second-order valence-electron chi connectivity index (χ2n) is 6.96. The maximum Gasteiger partial charge on any atom is 0.331 e. The van der Waals surface area contributed by atoms with E-state index in [1.807, 2.05) is 25.1 Å². The molecule has 0 aliphatic carbocycles. The lowest BCUT2D eigenvalue weighted by atomic mass is 10.1. The van der Waals surface area contributed by atoms with E-state index in [1.165, 1.54) is 11.6 Å². The molecule has 2 aromatic rings. The Morgan fingerprint density at radius 2 is 1.70 bits per heavy atom. The predicted octanol–water partition coefficient (Wildman–Crippen LogP) is 3.79. The highest BCUT2D eigenvalue weighted by Crippen LogP contribution is 2.27. The number of amides is 1. The number of methoxy groups -OCH3 is 2. The van der Waals surface area contributed by atoms with Gasteiger partial charge >= 0.3 is 5.97 Å². The van der Waals surface area contributed by atoms with Gasteiger partial charge in [-0.2, -0.15) is 0 Å². The van der Waals surface area contributed by atoms with Crippen molar-refractivity contribution in [3.63, 3.8) is 0 Å². The number of aryl methyl sites for hydroxylation is 1. The molecule has 0 aliphatic rings. The summed E-state index contributed by atoms with van der Waals surface area (Å²) in [6, 6.07) is 15.3. The molecule has 0 heterocycles. The minimum absolute atomic E-state index is 0.0267. The molecule has 0 bridgehead atoms. The van der Waals surface area contributed by atoms with Gasteiger partial charge in [0.1, 0.15) is 0 Å². The smallest absolute Gasteiger partial charge is 0.331 e. The van der Waals surface area contributed by atoms with Crippen LogP contribution >= 0.6 is 0 Å². The lowest BCUT2D eigenvalue weighted by molar-refractivity contribution is -0.150. The molecule has 6 nitrogen and oxygen atoms in total. The van der Waals surface area contributed by atoms with Crippen LogP contribution in [0.2, 0.25) is 0 Å². The number of rotatable bonds is 10. The van der Waals surface area contributed by atoms with E-state index >= 15 is 0 Å². The Hall–Kier alpha value is -3.28. The Morgan fingerprint density at radius 3 is 2.37 bits per heavy atom. The van der Waals surface area contributed by atoms with Crippen LogP contribution in [-0.2, 0) is 20.7 Å². The van der Waals surface area contributed by atoms with Gasteiger partial charge in [-0.25, -0.2) is 4.79 Å². The summed E-state index contributed by atoms with van der Waals surface area (Å²) in [6.45, 7) is 3.49. The molecule has 0 spiro atoms. The summed E-state index contributed by atoms with van der Waals surface area (Å²) in [5, 5.41) is 2.89. The molecule has 0 saturated heterocycles. The van der Waals surface area contributed by atoms with Crippen LogP contribution in [0, 0.1) is 0 Å². The number of ether oxygens (including phenoxy) is 3. The van der Waals surface area contributed by atoms with E-state index in [0.717, 1.165) is 18.4 Å². The molecule has 1 amide bonds. The summed E-state index contributed by atoms with van der Waals surface area (Å²) >= 11 is 0. The number of hydrogen-bond acceptors (Lipinski definition) is 5. The fourth-order valence-electron chi connectivity index (χ4n) is 2.85. The largest absolute Gasteiger partial charge is 0.493 e. The molecule has 0 aromatic heterocycles. The van der Waals surface area contributed by atoms with Crippen molar-refractivity contribution in [2.75, 3.05) is 14.2 Å². The summed E-state index contributed by atoms with van der Waals surface area (Å²) in [5.41, 5.74) is 1.97. The number of benzene rings is 2. The second-order valence-corrected chi connectivity index (χ2v) is 6.96. The van der Waals surface area contributed by atoms with Crippen molar-refractivity contribution in [2.45, 2.75) is 38.8 Å². The number of nitrogens with one attached hydrogen (secondary N) is 1. The van der Waals surface area contributed by atoms with Crippen LogP contribution in [0.3, 0.4) is 0 Å². The fourth-order valence-corrected chi connectivity index (χ4v) is 2.85. The Labute approximate surface area is 177 Å². The van der Waals surface area contributed by atoms with Crippen LogP contribution < -0.4 is 14.8 Å². The van der Waals surface area contributed by atoms with Gasteiger partial charge in [0.25, 0.3) is 5.91 Å². The Balaban J connectivity index is 1.81. The lowest BCUT2D eigenvalue weighted by Gasteiger charge is -2.17. The van der Waals surface area contributed by atoms with Gasteiger partial charge < -0.3 is 19.5 Å². The molecule has 0 aliphatic heterocycles. The third kappa shape index (κ3) is 7.28. The summed E-state index contributed by atoms with van der Waals surface area (Å²) in [6.07, 6.45) is 3.66. The van der Waals surface area contributed by atoms with Gasteiger partial charge in [-0.15, -0.1) is 0 Å². The molecule has 2 rings (SSSR count). The van der Waals surface area contributed by atoms with Crippen LogP contribution in [0.4, 0.5) is 0 Å². The van der Waals surface area contributed by atoms with Gasteiger partial charge in [-0.05, 0) is 56.0 Å². The molecule has 2 aromatic carbocycles. The lowest BCUT2D eigenvalue weighted by Crippen LogP contribution is -2.40. The maximum absolute atomic E-state index is 12.3. The molecule has 2 atom stereocenters. The SMILES string of the molecule is COc1ccc(/C=C/C(=O)O[C@@H](C)C(=O)N[C@@H](C)CCc2ccccc2)cc1OC. The van der Waals surface area contributed by atoms with E-state index in [1.54, 1.807) is 45.4 Å². The van der Waals surface area contributed by atoms with Crippen molar-refractivity contribution >= 4 is 18.0 Å². The number of esters is 1. The molecule has 0 fully saturated rings. The molecule has 30 heavy (non-hydrogen) atoms. The average Bonchev–Trinajstić information content (AvgIpc) is 2.76. The van der Waals surface area contributed by atoms with E-state index in [0.29, 0.717) is 11.5 Å². The van der Waals surface area contributed by atoms with E-state index in [-0.39, 0.29) is 11.9 Å². The first-order valence-electron chi connectivity index (χ1n) is 9.88. The number of hydrogen-bond donors (Lipinski definition) is 1. The molecular formula is C24H29NO5. The van der Waals surface area contributed by atoms with Crippen molar-refractivity contribution in [2.24, 2.45) is 0 Å². The molecule has 1 N–H and O–H groups in total. The topological polar surface area (TPSA) is 73.9 Å². The molecule has 0 unspecified atom stereocenters. The predicted molar refractivity (Wildman–Crippen MR) is 117 cm³/mol. The van der Waals surface area contributed by atoms with Crippen molar-refractivity contribution in [1.82, 2.24) is 5.32 Å². The van der Waals surface area contributed by atoms with E-state index in [9.17, 15) is 9.59 Å². The Morgan fingerprint density at radius 1 is 1.00 bits per heavy atom. The van der Waals surface area contributed by atoms with Gasteiger partial charge in [0.15, 0.2) is 17.6 Å².